The fourth-order valence-corrected chi connectivity index (χ4v) is 5.04. The Kier molecular flexibility index (Phi) is 5.85. The van der Waals surface area contributed by atoms with Crippen molar-refractivity contribution in [2.75, 3.05) is 19.4 Å². The number of amides is 1. The summed E-state index contributed by atoms with van der Waals surface area (Å²) >= 11 is 1.53. The van der Waals surface area contributed by atoms with Crippen molar-refractivity contribution >= 4 is 44.0 Å². The number of para-hydroxylation sites is 1. The number of nitrogens with one attached hydrogen (secondary N) is 1. The van der Waals surface area contributed by atoms with Crippen molar-refractivity contribution < 1.29 is 13.2 Å². The number of carbonyl (C=O) groups is 1. The molecule has 8 nitrogen and oxygen atoms in total. The summed E-state index contributed by atoms with van der Waals surface area (Å²) in [5.74, 6) is -0.431. The van der Waals surface area contributed by atoms with E-state index in [1.165, 1.54) is 31.5 Å². The molecule has 166 valence electrons. The second kappa shape index (κ2) is 8.45. The van der Waals surface area contributed by atoms with Crippen molar-refractivity contribution in [2.24, 2.45) is 0 Å². The zero-order chi connectivity index (χ0) is 23.0. The fraction of sp³-hybridized carbons (Fsp3) is 0.227. The van der Waals surface area contributed by atoms with Crippen LogP contribution in [0.2, 0.25) is 0 Å². The lowest BCUT2D eigenvalue weighted by Gasteiger charge is -2.16. The van der Waals surface area contributed by atoms with Crippen LogP contribution in [0.15, 0.2) is 58.9 Å². The summed E-state index contributed by atoms with van der Waals surface area (Å²) < 4.78 is 28.3. The molecule has 0 bridgehead atoms. The summed E-state index contributed by atoms with van der Waals surface area (Å²) in [6.07, 6.45) is 1.62. The van der Waals surface area contributed by atoms with E-state index in [-0.39, 0.29) is 16.6 Å². The van der Waals surface area contributed by atoms with Gasteiger partial charge in [-0.1, -0.05) is 18.2 Å². The largest absolute Gasteiger partial charge is 0.321 e. The van der Waals surface area contributed by atoms with Crippen molar-refractivity contribution in [1.82, 2.24) is 19.1 Å². The van der Waals surface area contributed by atoms with Crippen LogP contribution in [0, 0.1) is 0 Å². The molecule has 0 aliphatic heterocycles. The lowest BCUT2D eigenvalue weighted by molar-refractivity contribution is 0.102. The molecule has 3 heterocycles. The minimum atomic E-state index is -3.74. The first-order chi connectivity index (χ1) is 15.2. The monoisotopic (exact) mass is 469 g/mol. The Morgan fingerprint density at radius 3 is 2.56 bits per heavy atom. The van der Waals surface area contributed by atoms with Gasteiger partial charge in [-0.15, -0.1) is 11.3 Å². The molecule has 32 heavy (non-hydrogen) atoms. The molecule has 0 aliphatic rings. The Balaban J connectivity index is 1.84. The standard InChI is InChI=1S/C22H23N5O3S2/c1-14(2)27-21-16(13-23-27)15(12-18(24-21)19-9-7-11-31-19)22(28)25-17-8-5-6-10-20(17)32(29,30)26(3)4/h5-14H,1-4H3,(H,25,28). The number of thiophene rings is 1. The molecule has 0 fully saturated rings. The molecule has 4 rings (SSSR count). The normalized spacial score (nSPS) is 12.1. The molecule has 1 aromatic carbocycles. The maximum atomic E-state index is 13.4. The van der Waals surface area contributed by atoms with Gasteiger partial charge in [-0.05, 0) is 43.5 Å². The Morgan fingerprint density at radius 1 is 1.16 bits per heavy atom. The molecule has 0 unspecified atom stereocenters. The number of sulfonamides is 1. The van der Waals surface area contributed by atoms with Gasteiger partial charge in [0.05, 0.1) is 33.4 Å². The van der Waals surface area contributed by atoms with Crippen molar-refractivity contribution in [3.05, 3.63) is 59.6 Å². The first-order valence-electron chi connectivity index (χ1n) is 9.95. The van der Waals surface area contributed by atoms with Crippen molar-refractivity contribution in [2.45, 2.75) is 24.8 Å². The van der Waals surface area contributed by atoms with Crippen molar-refractivity contribution in [3.8, 4) is 10.6 Å². The van der Waals surface area contributed by atoms with Crippen LogP contribution in [0.4, 0.5) is 5.69 Å². The third kappa shape index (κ3) is 3.92. The second-order valence-electron chi connectivity index (χ2n) is 7.69. The fourth-order valence-electron chi connectivity index (χ4n) is 3.32. The highest BCUT2D eigenvalue weighted by Crippen LogP contribution is 2.30. The molecule has 1 N–H and O–H groups in total. The molecule has 0 saturated heterocycles. The molecule has 3 aromatic heterocycles. The summed E-state index contributed by atoms with van der Waals surface area (Å²) in [7, 11) is -0.832. The third-order valence-electron chi connectivity index (χ3n) is 4.97. The SMILES string of the molecule is CC(C)n1ncc2c(C(=O)Nc3ccccc3S(=O)(=O)N(C)C)cc(-c3cccs3)nc21. The van der Waals surface area contributed by atoms with Crippen LogP contribution in [-0.4, -0.2) is 47.5 Å². The molecule has 0 atom stereocenters. The zero-order valence-electron chi connectivity index (χ0n) is 18.1. The number of nitrogens with zero attached hydrogens (tertiary/aromatic N) is 4. The van der Waals surface area contributed by atoms with Crippen LogP contribution in [-0.2, 0) is 10.0 Å². The van der Waals surface area contributed by atoms with Gasteiger partial charge < -0.3 is 5.32 Å². The van der Waals surface area contributed by atoms with Gasteiger partial charge in [0.1, 0.15) is 4.90 Å². The number of anilines is 1. The highest BCUT2D eigenvalue weighted by molar-refractivity contribution is 7.89. The van der Waals surface area contributed by atoms with E-state index >= 15 is 0 Å². The lowest BCUT2D eigenvalue weighted by Crippen LogP contribution is -2.24. The first kappa shape index (κ1) is 22.1. The van der Waals surface area contributed by atoms with E-state index in [1.54, 1.807) is 35.1 Å². The third-order valence-corrected chi connectivity index (χ3v) is 7.73. The van der Waals surface area contributed by atoms with E-state index in [4.69, 9.17) is 4.98 Å². The van der Waals surface area contributed by atoms with Gasteiger partial charge in [-0.2, -0.15) is 5.10 Å². The second-order valence-corrected chi connectivity index (χ2v) is 10.8. The smallest absolute Gasteiger partial charge is 0.256 e. The number of benzene rings is 1. The number of rotatable bonds is 6. The number of hydrogen-bond donors (Lipinski definition) is 1. The minimum Gasteiger partial charge on any atom is -0.321 e. The van der Waals surface area contributed by atoms with E-state index in [9.17, 15) is 13.2 Å². The van der Waals surface area contributed by atoms with Crippen LogP contribution in [0.5, 0.6) is 0 Å². The van der Waals surface area contributed by atoms with E-state index in [0.717, 1.165) is 9.18 Å². The van der Waals surface area contributed by atoms with Crippen LogP contribution in [0.1, 0.15) is 30.2 Å². The van der Waals surface area contributed by atoms with Gasteiger partial charge >= 0.3 is 0 Å². The summed E-state index contributed by atoms with van der Waals surface area (Å²) in [6, 6.07) is 12.0. The van der Waals surface area contributed by atoms with Crippen LogP contribution < -0.4 is 5.32 Å². The number of aromatic nitrogens is 3. The highest BCUT2D eigenvalue weighted by atomic mass is 32.2. The highest BCUT2D eigenvalue weighted by Gasteiger charge is 2.24. The summed E-state index contributed by atoms with van der Waals surface area (Å²) in [5.41, 5.74) is 1.85. The predicted molar refractivity (Wildman–Crippen MR) is 126 cm³/mol. The summed E-state index contributed by atoms with van der Waals surface area (Å²) in [6.45, 7) is 3.99. The molecule has 4 aromatic rings. The first-order valence-corrected chi connectivity index (χ1v) is 12.3. The average molecular weight is 470 g/mol. The number of carbonyl (C=O) groups excluding carboxylic acids is 1. The van der Waals surface area contributed by atoms with Crippen molar-refractivity contribution in [3.63, 3.8) is 0 Å². The Hall–Kier alpha value is -3.08. The number of fused-ring (bicyclic) bond motifs is 1. The van der Waals surface area contributed by atoms with E-state index < -0.39 is 15.9 Å². The Morgan fingerprint density at radius 2 is 1.91 bits per heavy atom. The quantitative estimate of drug-likeness (QED) is 0.455. The van der Waals surface area contributed by atoms with Crippen LogP contribution in [0.25, 0.3) is 21.6 Å². The topological polar surface area (TPSA) is 97.2 Å². The number of hydrogen-bond acceptors (Lipinski definition) is 6. The molecule has 10 heteroatoms. The molecular weight excluding hydrogens is 446 g/mol. The Bertz CT molecular complexity index is 1390. The lowest BCUT2D eigenvalue weighted by atomic mass is 10.1. The van der Waals surface area contributed by atoms with Crippen LogP contribution in [0.3, 0.4) is 0 Å². The molecule has 0 aliphatic carbocycles. The summed E-state index contributed by atoms with van der Waals surface area (Å²) in [4.78, 5) is 19.1. The predicted octanol–water partition coefficient (Wildman–Crippen LogP) is 4.24. The van der Waals surface area contributed by atoms with Gasteiger partial charge in [-0.3, -0.25) is 4.79 Å². The van der Waals surface area contributed by atoms with Gasteiger partial charge in [0.15, 0.2) is 5.65 Å². The molecule has 0 spiro atoms. The minimum absolute atomic E-state index is 0.0278. The van der Waals surface area contributed by atoms with Gasteiger partial charge in [0.2, 0.25) is 10.0 Å². The Labute approximate surface area is 190 Å². The van der Waals surface area contributed by atoms with E-state index in [0.29, 0.717) is 22.3 Å². The summed E-state index contributed by atoms with van der Waals surface area (Å²) in [5, 5.41) is 9.76. The maximum Gasteiger partial charge on any atom is 0.256 e. The van der Waals surface area contributed by atoms with Gasteiger partial charge in [0.25, 0.3) is 5.91 Å². The van der Waals surface area contributed by atoms with E-state index in [2.05, 4.69) is 10.4 Å². The molecule has 0 saturated carbocycles. The van der Waals surface area contributed by atoms with Gasteiger partial charge in [0, 0.05) is 20.1 Å². The maximum absolute atomic E-state index is 13.4. The molecule has 0 radical (unpaired) electrons. The van der Waals surface area contributed by atoms with E-state index in [1.807, 2.05) is 31.4 Å². The number of pyridine rings is 1. The zero-order valence-corrected chi connectivity index (χ0v) is 19.7. The van der Waals surface area contributed by atoms with Crippen LogP contribution >= 0.6 is 11.3 Å². The molecular formula is C22H23N5O3S2. The average Bonchev–Trinajstić information content (AvgIpc) is 3.43. The van der Waals surface area contributed by atoms with Crippen molar-refractivity contribution in [1.29, 1.82) is 0 Å². The molecule has 1 amide bonds. The van der Waals surface area contributed by atoms with Gasteiger partial charge in [-0.25, -0.2) is 22.4 Å².